The zero-order chi connectivity index (χ0) is 12.4. The van der Waals surface area contributed by atoms with Crippen LogP contribution in [0.25, 0.3) is 0 Å². The summed E-state index contributed by atoms with van der Waals surface area (Å²) in [4.78, 5) is 4.42. The Kier molecular flexibility index (Phi) is 3.37. The summed E-state index contributed by atoms with van der Waals surface area (Å²) in [7, 11) is 0. The second-order valence-corrected chi connectivity index (χ2v) is 5.65. The summed E-state index contributed by atoms with van der Waals surface area (Å²) in [6.45, 7) is 0. The van der Waals surface area contributed by atoms with Gasteiger partial charge < -0.3 is 9.88 Å². The maximum atomic E-state index is 4.42. The van der Waals surface area contributed by atoms with Crippen molar-refractivity contribution in [3.63, 3.8) is 0 Å². The summed E-state index contributed by atoms with van der Waals surface area (Å²) < 4.78 is 3.35. The maximum absolute atomic E-state index is 4.42. The zero-order valence-corrected chi connectivity index (χ0v) is 11.7. The van der Waals surface area contributed by atoms with Gasteiger partial charge >= 0.3 is 0 Å². The van der Waals surface area contributed by atoms with Crippen LogP contribution in [0.1, 0.15) is 31.7 Å². The molecule has 2 aromatic rings. The number of rotatable bonds is 3. The Morgan fingerprint density at radius 1 is 1.28 bits per heavy atom. The predicted molar refractivity (Wildman–Crippen MR) is 77.2 cm³/mol. The Morgan fingerprint density at radius 3 is 2.89 bits per heavy atom. The number of imidazole rings is 1. The van der Waals surface area contributed by atoms with E-state index in [1.165, 1.54) is 25.7 Å². The standard InChI is InChI=1S/C14H16BrN3/c15-11-4-3-5-12(10-11)17-14-16-8-9-18(14)13-6-1-2-7-13/h3-5,8-10,13H,1-2,6-7H2,(H,16,17). The maximum Gasteiger partial charge on any atom is 0.207 e. The fourth-order valence-corrected chi connectivity index (χ4v) is 2.98. The third-order valence-corrected chi connectivity index (χ3v) is 3.96. The van der Waals surface area contributed by atoms with Crippen LogP contribution in [0.4, 0.5) is 11.6 Å². The molecule has 3 rings (SSSR count). The third-order valence-electron chi connectivity index (χ3n) is 3.47. The average Bonchev–Trinajstić information content (AvgIpc) is 2.98. The van der Waals surface area contributed by atoms with Gasteiger partial charge in [0, 0.05) is 28.6 Å². The molecule has 0 radical (unpaired) electrons. The largest absolute Gasteiger partial charge is 0.326 e. The molecule has 0 unspecified atom stereocenters. The summed E-state index contributed by atoms with van der Waals surface area (Å²) in [6, 6.07) is 8.78. The first-order chi connectivity index (χ1) is 8.83. The molecule has 0 atom stereocenters. The van der Waals surface area contributed by atoms with Crippen molar-refractivity contribution in [1.29, 1.82) is 0 Å². The van der Waals surface area contributed by atoms with Gasteiger partial charge in [-0.05, 0) is 31.0 Å². The molecule has 1 aromatic heterocycles. The van der Waals surface area contributed by atoms with Gasteiger partial charge in [-0.1, -0.05) is 34.8 Å². The average molecular weight is 306 g/mol. The molecule has 0 bridgehead atoms. The number of aromatic nitrogens is 2. The second-order valence-electron chi connectivity index (χ2n) is 4.73. The lowest BCUT2D eigenvalue weighted by molar-refractivity contribution is 0.525. The minimum atomic E-state index is 0.613. The van der Waals surface area contributed by atoms with Gasteiger partial charge in [0.1, 0.15) is 0 Å². The Hall–Kier alpha value is -1.29. The SMILES string of the molecule is Brc1cccc(Nc2nccn2C2CCCC2)c1. The van der Waals surface area contributed by atoms with Gasteiger partial charge in [-0.3, -0.25) is 0 Å². The minimum absolute atomic E-state index is 0.613. The molecule has 1 heterocycles. The number of halogens is 1. The van der Waals surface area contributed by atoms with Gasteiger partial charge in [0.05, 0.1) is 0 Å². The topological polar surface area (TPSA) is 29.9 Å². The van der Waals surface area contributed by atoms with Crippen molar-refractivity contribution in [2.45, 2.75) is 31.7 Å². The molecule has 0 amide bonds. The summed E-state index contributed by atoms with van der Waals surface area (Å²) in [5.41, 5.74) is 1.06. The highest BCUT2D eigenvalue weighted by Gasteiger charge is 2.19. The van der Waals surface area contributed by atoms with Gasteiger partial charge in [0.15, 0.2) is 0 Å². The van der Waals surface area contributed by atoms with E-state index in [4.69, 9.17) is 0 Å². The van der Waals surface area contributed by atoms with Crippen LogP contribution in [-0.4, -0.2) is 9.55 Å². The van der Waals surface area contributed by atoms with Crippen LogP contribution in [0.5, 0.6) is 0 Å². The normalized spacial score (nSPS) is 16.1. The van der Waals surface area contributed by atoms with Crippen molar-refractivity contribution in [3.05, 3.63) is 41.1 Å². The van der Waals surface area contributed by atoms with Gasteiger partial charge in [-0.2, -0.15) is 0 Å². The van der Waals surface area contributed by atoms with E-state index in [2.05, 4.69) is 49.1 Å². The molecule has 0 aliphatic heterocycles. The first-order valence-electron chi connectivity index (χ1n) is 6.38. The van der Waals surface area contributed by atoms with E-state index < -0.39 is 0 Å². The van der Waals surface area contributed by atoms with Gasteiger partial charge in [-0.25, -0.2) is 4.98 Å². The van der Waals surface area contributed by atoms with Crippen LogP contribution < -0.4 is 5.32 Å². The van der Waals surface area contributed by atoms with Gasteiger partial charge in [0.2, 0.25) is 5.95 Å². The van der Waals surface area contributed by atoms with Crippen LogP contribution in [0.2, 0.25) is 0 Å². The van der Waals surface area contributed by atoms with Gasteiger partial charge in [0.25, 0.3) is 0 Å². The van der Waals surface area contributed by atoms with Crippen LogP contribution in [0.3, 0.4) is 0 Å². The number of benzene rings is 1. The molecule has 94 valence electrons. The summed E-state index contributed by atoms with van der Waals surface area (Å²) >= 11 is 3.48. The molecule has 1 aliphatic carbocycles. The molecular formula is C14H16BrN3. The number of hydrogen-bond acceptors (Lipinski definition) is 2. The molecule has 1 fully saturated rings. The third kappa shape index (κ3) is 2.43. The number of hydrogen-bond donors (Lipinski definition) is 1. The molecule has 1 saturated carbocycles. The predicted octanol–water partition coefficient (Wildman–Crippen LogP) is 4.50. The van der Waals surface area contributed by atoms with E-state index in [-0.39, 0.29) is 0 Å². The lowest BCUT2D eigenvalue weighted by Gasteiger charge is -2.15. The zero-order valence-electron chi connectivity index (χ0n) is 10.1. The monoisotopic (exact) mass is 305 g/mol. The lowest BCUT2D eigenvalue weighted by Crippen LogP contribution is -2.07. The van der Waals surface area contributed by atoms with Crippen molar-refractivity contribution < 1.29 is 0 Å². The number of anilines is 2. The van der Waals surface area contributed by atoms with Crippen molar-refractivity contribution in [3.8, 4) is 0 Å². The molecule has 4 heteroatoms. The summed E-state index contributed by atoms with van der Waals surface area (Å²) in [5, 5.41) is 3.39. The Bertz CT molecular complexity index is 529. The molecular weight excluding hydrogens is 290 g/mol. The molecule has 3 nitrogen and oxygen atoms in total. The van der Waals surface area contributed by atoms with E-state index in [0.29, 0.717) is 6.04 Å². The number of nitrogens with one attached hydrogen (secondary N) is 1. The molecule has 0 spiro atoms. The van der Waals surface area contributed by atoms with Gasteiger partial charge in [-0.15, -0.1) is 0 Å². The highest BCUT2D eigenvalue weighted by molar-refractivity contribution is 9.10. The van der Waals surface area contributed by atoms with E-state index in [1.807, 2.05) is 18.3 Å². The first-order valence-corrected chi connectivity index (χ1v) is 7.17. The van der Waals surface area contributed by atoms with E-state index >= 15 is 0 Å². The molecule has 0 saturated heterocycles. The molecule has 1 N–H and O–H groups in total. The highest BCUT2D eigenvalue weighted by atomic mass is 79.9. The Labute approximate surface area is 115 Å². The number of nitrogens with zero attached hydrogens (tertiary/aromatic N) is 2. The fourth-order valence-electron chi connectivity index (χ4n) is 2.58. The molecule has 1 aliphatic rings. The van der Waals surface area contributed by atoms with Crippen LogP contribution in [-0.2, 0) is 0 Å². The first kappa shape index (κ1) is 11.8. The van der Waals surface area contributed by atoms with Crippen molar-refractivity contribution in [2.75, 3.05) is 5.32 Å². The lowest BCUT2D eigenvalue weighted by atomic mass is 10.2. The van der Waals surface area contributed by atoms with Crippen LogP contribution in [0, 0.1) is 0 Å². The highest BCUT2D eigenvalue weighted by Crippen LogP contribution is 2.32. The van der Waals surface area contributed by atoms with Crippen molar-refractivity contribution in [2.24, 2.45) is 0 Å². The Balaban J connectivity index is 1.82. The summed E-state index contributed by atoms with van der Waals surface area (Å²) in [6.07, 6.45) is 9.15. The van der Waals surface area contributed by atoms with Crippen molar-refractivity contribution >= 4 is 27.6 Å². The van der Waals surface area contributed by atoms with Crippen LogP contribution >= 0.6 is 15.9 Å². The molecule has 1 aromatic carbocycles. The van der Waals surface area contributed by atoms with E-state index in [9.17, 15) is 0 Å². The van der Waals surface area contributed by atoms with Crippen LogP contribution in [0.15, 0.2) is 41.1 Å². The minimum Gasteiger partial charge on any atom is -0.326 e. The Morgan fingerprint density at radius 2 is 2.11 bits per heavy atom. The smallest absolute Gasteiger partial charge is 0.207 e. The van der Waals surface area contributed by atoms with E-state index in [0.717, 1.165) is 16.1 Å². The summed E-state index contributed by atoms with van der Waals surface area (Å²) in [5.74, 6) is 0.944. The second kappa shape index (κ2) is 5.14. The molecule has 18 heavy (non-hydrogen) atoms. The van der Waals surface area contributed by atoms with Crippen molar-refractivity contribution in [1.82, 2.24) is 9.55 Å². The quantitative estimate of drug-likeness (QED) is 0.904. The fraction of sp³-hybridized carbons (Fsp3) is 0.357. The van der Waals surface area contributed by atoms with E-state index in [1.54, 1.807) is 0 Å².